The third kappa shape index (κ3) is 4.03. The van der Waals surface area contributed by atoms with Gasteiger partial charge in [-0.3, -0.25) is 4.90 Å². The molecule has 1 aliphatic heterocycles. The van der Waals surface area contributed by atoms with Gasteiger partial charge >= 0.3 is 0 Å². The Balaban J connectivity index is 1.52. The van der Waals surface area contributed by atoms with Gasteiger partial charge in [-0.05, 0) is 31.4 Å². The molecule has 0 aliphatic carbocycles. The highest BCUT2D eigenvalue weighted by Gasteiger charge is 2.21. The van der Waals surface area contributed by atoms with Crippen LogP contribution in [0, 0.1) is 0 Å². The largest absolute Gasteiger partial charge is 0.490 e. The summed E-state index contributed by atoms with van der Waals surface area (Å²) in [6.45, 7) is 7.90. The van der Waals surface area contributed by atoms with E-state index >= 15 is 0 Å². The first-order valence-electron chi connectivity index (χ1n) is 9.77. The first-order chi connectivity index (χ1) is 13.8. The lowest BCUT2D eigenvalue weighted by Gasteiger charge is -2.29. The molecule has 5 nitrogen and oxygen atoms in total. The Morgan fingerprint density at radius 3 is 2.79 bits per heavy atom. The molecular weight excluding hydrogens is 370 g/mol. The average Bonchev–Trinajstić information content (AvgIpc) is 3.25. The summed E-state index contributed by atoms with van der Waals surface area (Å²) in [4.78, 5) is 12.9. The third-order valence-corrected chi connectivity index (χ3v) is 5.66. The van der Waals surface area contributed by atoms with Crippen LogP contribution in [-0.4, -0.2) is 34.6 Å². The highest BCUT2D eigenvalue weighted by atomic mass is 32.1. The van der Waals surface area contributed by atoms with Crippen LogP contribution in [-0.2, 0) is 19.5 Å². The van der Waals surface area contributed by atoms with Crippen LogP contribution in [0.2, 0.25) is 0 Å². The van der Waals surface area contributed by atoms with Crippen molar-refractivity contribution in [1.82, 2.24) is 14.9 Å². The Morgan fingerprint density at radius 2 is 2.00 bits per heavy atom. The fraction of sp³-hybridized carbons (Fsp3) is 0.364. The van der Waals surface area contributed by atoms with Gasteiger partial charge in [0.05, 0.1) is 23.8 Å². The fourth-order valence-electron chi connectivity index (χ4n) is 3.54. The highest BCUT2D eigenvalue weighted by Crippen LogP contribution is 2.33. The van der Waals surface area contributed by atoms with E-state index in [0.717, 1.165) is 53.8 Å². The van der Waals surface area contributed by atoms with E-state index in [1.54, 1.807) is 11.3 Å². The quantitative estimate of drug-likeness (QED) is 0.587. The molecule has 3 aromatic rings. The van der Waals surface area contributed by atoms with E-state index < -0.39 is 0 Å². The van der Waals surface area contributed by atoms with Crippen LogP contribution in [0.25, 0.3) is 10.7 Å². The van der Waals surface area contributed by atoms with Crippen molar-refractivity contribution in [3.05, 3.63) is 58.7 Å². The summed E-state index contributed by atoms with van der Waals surface area (Å²) in [6.07, 6.45) is 2.93. The number of benzene rings is 1. The smallest absolute Gasteiger partial charge is 0.169 e. The third-order valence-electron chi connectivity index (χ3n) is 4.80. The predicted octanol–water partition coefficient (Wildman–Crippen LogP) is 4.56. The molecule has 0 amide bonds. The highest BCUT2D eigenvalue weighted by molar-refractivity contribution is 7.13. The number of para-hydroxylation sites is 1. The number of thiophene rings is 1. The fourth-order valence-corrected chi connectivity index (χ4v) is 4.20. The zero-order chi connectivity index (χ0) is 19.3. The van der Waals surface area contributed by atoms with Crippen molar-refractivity contribution in [2.75, 3.05) is 19.8 Å². The minimum atomic E-state index is 0.624. The molecule has 28 heavy (non-hydrogen) atoms. The summed E-state index contributed by atoms with van der Waals surface area (Å²) in [6, 6.07) is 10.2. The Kier molecular flexibility index (Phi) is 5.88. The number of hydrogen-bond acceptors (Lipinski definition) is 6. The molecule has 4 rings (SSSR count). The molecule has 0 fully saturated rings. The van der Waals surface area contributed by atoms with Crippen LogP contribution in [0.1, 0.15) is 30.7 Å². The number of aromatic nitrogens is 2. The number of rotatable bonds is 7. The lowest BCUT2D eigenvalue weighted by molar-refractivity contribution is 0.233. The molecule has 0 N–H and O–H groups in total. The van der Waals surface area contributed by atoms with E-state index in [9.17, 15) is 0 Å². The Morgan fingerprint density at radius 1 is 1.11 bits per heavy atom. The zero-order valence-corrected chi connectivity index (χ0v) is 17.2. The summed E-state index contributed by atoms with van der Waals surface area (Å²) in [5, 5.41) is 2.06. The van der Waals surface area contributed by atoms with Crippen molar-refractivity contribution in [2.45, 2.75) is 33.4 Å². The standard InChI is InChI=1S/C22H25N3O2S/c1-3-26-19-8-5-7-16(21(19)27-4-2)14-25-11-10-18-17(15-25)13-23-22(24-18)20-9-6-12-28-20/h5-9,12-13H,3-4,10-11,14-15H2,1-2H3. The van der Waals surface area contributed by atoms with Crippen LogP contribution < -0.4 is 9.47 Å². The molecule has 2 aromatic heterocycles. The Bertz CT molecular complexity index is 928. The lowest BCUT2D eigenvalue weighted by Crippen LogP contribution is -2.31. The molecule has 0 saturated carbocycles. The van der Waals surface area contributed by atoms with Crippen molar-refractivity contribution in [3.8, 4) is 22.2 Å². The van der Waals surface area contributed by atoms with Crippen LogP contribution in [0.15, 0.2) is 41.9 Å². The van der Waals surface area contributed by atoms with Gasteiger partial charge in [0, 0.05) is 43.4 Å². The summed E-state index contributed by atoms with van der Waals surface area (Å²) in [7, 11) is 0. The maximum atomic E-state index is 5.91. The van der Waals surface area contributed by atoms with Gasteiger partial charge in [0.1, 0.15) is 0 Å². The van der Waals surface area contributed by atoms with E-state index in [-0.39, 0.29) is 0 Å². The molecule has 0 atom stereocenters. The first kappa shape index (κ1) is 18.9. The predicted molar refractivity (Wildman–Crippen MR) is 112 cm³/mol. The topological polar surface area (TPSA) is 47.5 Å². The van der Waals surface area contributed by atoms with Crippen LogP contribution >= 0.6 is 11.3 Å². The number of fused-ring (bicyclic) bond motifs is 1. The molecule has 1 aromatic carbocycles. The summed E-state index contributed by atoms with van der Waals surface area (Å²) in [5.74, 6) is 2.52. The van der Waals surface area contributed by atoms with Gasteiger partial charge in [-0.2, -0.15) is 0 Å². The number of nitrogens with zero attached hydrogens (tertiary/aromatic N) is 3. The Hall–Kier alpha value is -2.44. The van der Waals surface area contributed by atoms with Crippen molar-refractivity contribution in [2.24, 2.45) is 0 Å². The van der Waals surface area contributed by atoms with Gasteiger partial charge in [-0.15, -0.1) is 11.3 Å². The molecule has 0 spiro atoms. The van der Waals surface area contributed by atoms with Gasteiger partial charge in [-0.1, -0.05) is 18.2 Å². The zero-order valence-electron chi connectivity index (χ0n) is 16.4. The molecule has 1 aliphatic rings. The maximum Gasteiger partial charge on any atom is 0.169 e. The Labute approximate surface area is 170 Å². The van der Waals surface area contributed by atoms with E-state index in [2.05, 4.69) is 27.4 Å². The number of ether oxygens (including phenoxy) is 2. The summed E-state index contributed by atoms with van der Waals surface area (Å²) >= 11 is 1.68. The second kappa shape index (κ2) is 8.71. The lowest BCUT2D eigenvalue weighted by atomic mass is 10.1. The van der Waals surface area contributed by atoms with Crippen molar-refractivity contribution in [3.63, 3.8) is 0 Å². The molecule has 146 valence electrons. The van der Waals surface area contributed by atoms with Gasteiger partial charge in [0.25, 0.3) is 0 Å². The number of hydrogen-bond donors (Lipinski definition) is 0. The van der Waals surface area contributed by atoms with Gasteiger partial charge in [-0.25, -0.2) is 9.97 Å². The first-order valence-corrected chi connectivity index (χ1v) is 10.6. The molecular formula is C22H25N3O2S. The van der Waals surface area contributed by atoms with Gasteiger partial charge < -0.3 is 9.47 Å². The van der Waals surface area contributed by atoms with Crippen molar-refractivity contribution in [1.29, 1.82) is 0 Å². The van der Waals surface area contributed by atoms with Gasteiger partial charge in [0.15, 0.2) is 17.3 Å². The summed E-state index contributed by atoms with van der Waals surface area (Å²) in [5.41, 5.74) is 3.54. The minimum Gasteiger partial charge on any atom is -0.490 e. The molecule has 0 unspecified atom stereocenters. The SMILES string of the molecule is CCOc1cccc(CN2CCc3nc(-c4cccs4)ncc3C2)c1OCC. The van der Waals surface area contributed by atoms with E-state index in [0.29, 0.717) is 13.2 Å². The van der Waals surface area contributed by atoms with Crippen LogP contribution in [0.5, 0.6) is 11.5 Å². The normalized spacial score (nSPS) is 13.9. The molecule has 3 heterocycles. The summed E-state index contributed by atoms with van der Waals surface area (Å²) < 4.78 is 11.7. The minimum absolute atomic E-state index is 0.624. The van der Waals surface area contributed by atoms with Gasteiger partial charge in [0.2, 0.25) is 0 Å². The molecule has 0 saturated heterocycles. The van der Waals surface area contributed by atoms with E-state index in [4.69, 9.17) is 14.5 Å². The van der Waals surface area contributed by atoms with Crippen LogP contribution in [0.3, 0.4) is 0 Å². The second-order valence-corrected chi connectivity index (χ2v) is 7.66. The van der Waals surface area contributed by atoms with E-state index in [1.807, 2.05) is 38.2 Å². The molecule has 0 radical (unpaired) electrons. The van der Waals surface area contributed by atoms with Crippen molar-refractivity contribution >= 4 is 11.3 Å². The van der Waals surface area contributed by atoms with Crippen LogP contribution in [0.4, 0.5) is 0 Å². The average molecular weight is 396 g/mol. The second-order valence-electron chi connectivity index (χ2n) is 6.71. The van der Waals surface area contributed by atoms with Crippen molar-refractivity contribution < 1.29 is 9.47 Å². The maximum absolute atomic E-state index is 5.91. The monoisotopic (exact) mass is 395 g/mol. The molecule has 6 heteroatoms. The van der Waals surface area contributed by atoms with E-state index in [1.165, 1.54) is 11.3 Å². The molecule has 0 bridgehead atoms.